The highest BCUT2D eigenvalue weighted by atomic mass is 35.5. The maximum absolute atomic E-state index is 13.6. The van der Waals surface area contributed by atoms with Crippen molar-refractivity contribution in [2.75, 3.05) is 0 Å². The number of ether oxygens (including phenoxy) is 1. The van der Waals surface area contributed by atoms with E-state index in [-0.39, 0.29) is 17.5 Å². The number of nitrogens with zero attached hydrogens (tertiary/aromatic N) is 1. The van der Waals surface area contributed by atoms with Gasteiger partial charge in [-0.3, -0.25) is 0 Å². The Kier molecular flexibility index (Phi) is 4.55. The Morgan fingerprint density at radius 2 is 1.95 bits per heavy atom. The first-order valence-corrected chi connectivity index (χ1v) is 6.72. The van der Waals surface area contributed by atoms with Gasteiger partial charge in [-0.1, -0.05) is 13.8 Å². The van der Waals surface area contributed by atoms with Gasteiger partial charge < -0.3 is 4.74 Å². The quantitative estimate of drug-likeness (QED) is 0.740. The van der Waals surface area contributed by atoms with Gasteiger partial charge in [-0.05, 0) is 29.7 Å². The van der Waals surface area contributed by atoms with Crippen LogP contribution in [0.2, 0.25) is 0 Å². The Balaban J connectivity index is 2.37. The summed E-state index contributed by atoms with van der Waals surface area (Å²) in [6.07, 6.45) is 0. The maximum Gasteiger partial charge on any atom is 0.219 e. The van der Waals surface area contributed by atoms with Gasteiger partial charge >= 0.3 is 0 Å². The summed E-state index contributed by atoms with van der Waals surface area (Å²) in [4.78, 5) is 4.28. The minimum atomic E-state index is -0.643. The van der Waals surface area contributed by atoms with Crippen molar-refractivity contribution in [3.8, 4) is 11.6 Å². The zero-order valence-electron chi connectivity index (χ0n) is 11.2. The topological polar surface area (TPSA) is 22.1 Å². The Morgan fingerprint density at radius 3 is 2.60 bits per heavy atom. The third kappa shape index (κ3) is 3.45. The fraction of sp³-hybridized carbons (Fsp3) is 0.267. The summed E-state index contributed by atoms with van der Waals surface area (Å²) < 4.78 is 32.0. The van der Waals surface area contributed by atoms with Crippen LogP contribution in [0.15, 0.2) is 30.3 Å². The molecule has 0 spiro atoms. The first kappa shape index (κ1) is 14.7. The molecule has 0 atom stereocenters. The number of rotatable bonds is 4. The zero-order chi connectivity index (χ0) is 14.7. The smallest absolute Gasteiger partial charge is 0.219 e. The van der Waals surface area contributed by atoms with Gasteiger partial charge in [-0.25, -0.2) is 13.8 Å². The molecule has 2 aromatic rings. The van der Waals surface area contributed by atoms with E-state index in [2.05, 4.69) is 4.98 Å². The Labute approximate surface area is 121 Å². The fourth-order valence-corrected chi connectivity index (χ4v) is 1.83. The second-order valence-electron chi connectivity index (χ2n) is 4.70. The van der Waals surface area contributed by atoms with Crippen molar-refractivity contribution in [1.82, 2.24) is 4.98 Å². The molecule has 0 radical (unpaired) electrons. The van der Waals surface area contributed by atoms with Crippen LogP contribution < -0.4 is 4.74 Å². The molecule has 1 heterocycles. The van der Waals surface area contributed by atoms with E-state index < -0.39 is 11.6 Å². The van der Waals surface area contributed by atoms with Crippen LogP contribution in [0.4, 0.5) is 8.78 Å². The summed E-state index contributed by atoms with van der Waals surface area (Å²) in [6, 6.07) is 6.51. The lowest BCUT2D eigenvalue weighted by atomic mass is 10.1. The van der Waals surface area contributed by atoms with Crippen molar-refractivity contribution in [1.29, 1.82) is 0 Å². The third-order valence-corrected chi connectivity index (χ3v) is 3.04. The van der Waals surface area contributed by atoms with E-state index in [9.17, 15) is 8.78 Å². The average Bonchev–Trinajstić information content (AvgIpc) is 2.42. The SMILES string of the molecule is CC(C)c1cc(CCl)cc(Oc2cc(F)ccc2F)n1. The highest BCUT2D eigenvalue weighted by Gasteiger charge is 2.11. The molecule has 0 aliphatic carbocycles. The molecule has 0 saturated carbocycles. The van der Waals surface area contributed by atoms with Crippen LogP contribution in [-0.4, -0.2) is 4.98 Å². The van der Waals surface area contributed by atoms with Gasteiger partial charge in [-0.2, -0.15) is 0 Å². The lowest BCUT2D eigenvalue weighted by Crippen LogP contribution is -1.99. The van der Waals surface area contributed by atoms with Gasteiger partial charge in [-0.15, -0.1) is 11.6 Å². The van der Waals surface area contributed by atoms with Crippen molar-refractivity contribution >= 4 is 11.6 Å². The second-order valence-corrected chi connectivity index (χ2v) is 4.97. The van der Waals surface area contributed by atoms with Crippen molar-refractivity contribution in [2.24, 2.45) is 0 Å². The largest absolute Gasteiger partial charge is 0.436 e. The van der Waals surface area contributed by atoms with Gasteiger partial charge in [0.1, 0.15) is 5.82 Å². The van der Waals surface area contributed by atoms with Crippen LogP contribution in [-0.2, 0) is 5.88 Å². The number of benzene rings is 1. The van der Waals surface area contributed by atoms with E-state index in [1.165, 1.54) is 0 Å². The molecule has 0 fully saturated rings. The first-order valence-electron chi connectivity index (χ1n) is 6.19. The molecule has 0 aliphatic rings. The molecular formula is C15H14ClF2NO. The predicted molar refractivity (Wildman–Crippen MR) is 74.3 cm³/mol. The molecule has 1 aromatic heterocycles. The normalized spacial score (nSPS) is 10.9. The molecule has 0 amide bonds. The van der Waals surface area contributed by atoms with Gasteiger partial charge in [0.05, 0.1) is 0 Å². The Morgan fingerprint density at radius 1 is 1.20 bits per heavy atom. The van der Waals surface area contributed by atoms with Gasteiger partial charge in [0, 0.05) is 23.7 Å². The van der Waals surface area contributed by atoms with E-state index in [1.54, 1.807) is 6.07 Å². The molecule has 0 aliphatic heterocycles. The molecule has 106 valence electrons. The Hall–Kier alpha value is -1.68. The fourth-order valence-electron chi connectivity index (χ4n) is 1.68. The zero-order valence-corrected chi connectivity index (χ0v) is 11.9. The monoisotopic (exact) mass is 297 g/mol. The van der Waals surface area contributed by atoms with Crippen LogP contribution in [0.3, 0.4) is 0 Å². The molecule has 20 heavy (non-hydrogen) atoms. The van der Waals surface area contributed by atoms with Crippen molar-refractivity contribution in [3.63, 3.8) is 0 Å². The maximum atomic E-state index is 13.6. The van der Waals surface area contributed by atoms with E-state index in [0.717, 1.165) is 29.5 Å². The number of aromatic nitrogens is 1. The molecule has 0 saturated heterocycles. The van der Waals surface area contributed by atoms with Gasteiger partial charge in [0.25, 0.3) is 0 Å². The van der Waals surface area contributed by atoms with Crippen LogP contribution in [0.5, 0.6) is 11.6 Å². The molecule has 0 N–H and O–H groups in total. The number of pyridine rings is 1. The summed E-state index contributed by atoms with van der Waals surface area (Å²) in [5.74, 6) is -0.729. The molecule has 1 aromatic carbocycles. The van der Waals surface area contributed by atoms with E-state index in [1.807, 2.05) is 19.9 Å². The van der Waals surface area contributed by atoms with Gasteiger partial charge in [0.2, 0.25) is 5.88 Å². The number of alkyl halides is 1. The highest BCUT2D eigenvalue weighted by Crippen LogP contribution is 2.27. The summed E-state index contributed by atoms with van der Waals surface area (Å²) >= 11 is 5.82. The van der Waals surface area contributed by atoms with Crippen LogP contribution in [0.25, 0.3) is 0 Å². The molecule has 5 heteroatoms. The number of halogens is 3. The molecule has 2 nitrogen and oxygen atoms in total. The standard InChI is InChI=1S/C15H14ClF2NO/c1-9(2)13-5-10(8-16)6-15(19-13)20-14-7-11(17)3-4-12(14)18/h3-7,9H,8H2,1-2H3. The lowest BCUT2D eigenvalue weighted by molar-refractivity contribution is 0.420. The molecule has 2 rings (SSSR count). The third-order valence-electron chi connectivity index (χ3n) is 2.74. The molecular weight excluding hydrogens is 284 g/mol. The predicted octanol–water partition coefficient (Wildman–Crippen LogP) is 5.01. The Bertz CT molecular complexity index is 617. The van der Waals surface area contributed by atoms with Crippen LogP contribution in [0.1, 0.15) is 31.0 Å². The first-order chi connectivity index (χ1) is 9.49. The van der Waals surface area contributed by atoms with E-state index >= 15 is 0 Å². The minimum absolute atomic E-state index is 0.179. The van der Waals surface area contributed by atoms with Crippen LogP contribution >= 0.6 is 11.6 Å². The highest BCUT2D eigenvalue weighted by molar-refractivity contribution is 6.17. The molecule has 0 unspecified atom stereocenters. The van der Waals surface area contributed by atoms with Crippen LogP contribution in [0, 0.1) is 11.6 Å². The summed E-state index contributed by atoms with van der Waals surface area (Å²) in [5.41, 5.74) is 1.60. The summed E-state index contributed by atoms with van der Waals surface area (Å²) in [5, 5.41) is 0. The minimum Gasteiger partial charge on any atom is -0.436 e. The second kappa shape index (κ2) is 6.18. The summed E-state index contributed by atoms with van der Waals surface area (Å²) in [7, 11) is 0. The van der Waals surface area contributed by atoms with Crippen molar-refractivity contribution in [3.05, 3.63) is 53.2 Å². The average molecular weight is 298 g/mol. The van der Waals surface area contributed by atoms with E-state index in [4.69, 9.17) is 16.3 Å². The molecule has 0 bridgehead atoms. The van der Waals surface area contributed by atoms with Crippen molar-refractivity contribution in [2.45, 2.75) is 25.6 Å². The van der Waals surface area contributed by atoms with E-state index in [0.29, 0.717) is 5.88 Å². The number of hydrogen-bond donors (Lipinski definition) is 0. The van der Waals surface area contributed by atoms with Gasteiger partial charge in [0.15, 0.2) is 11.6 Å². The summed E-state index contributed by atoms with van der Waals surface area (Å²) in [6.45, 7) is 3.96. The number of hydrogen-bond acceptors (Lipinski definition) is 2. The van der Waals surface area contributed by atoms with Crippen molar-refractivity contribution < 1.29 is 13.5 Å². The lowest BCUT2D eigenvalue weighted by Gasteiger charge is -2.11.